The maximum absolute atomic E-state index is 11.2. The van der Waals surface area contributed by atoms with E-state index in [4.69, 9.17) is 4.74 Å². The molecule has 3 nitrogen and oxygen atoms in total. The van der Waals surface area contributed by atoms with Gasteiger partial charge in [0.05, 0.1) is 0 Å². The summed E-state index contributed by atoms with van der Waals surface area (Å²) in [7, 11) is 0. The second kappa shape index (κ2) is 5.72. The number of hydrogen-bond donors (Lipinski definition) is 0. The highest BCUT2D eigenvalue weighted by Crippen LogP contribution is 2.14. The largest absolute Gasteiger partial charge is 0.373 e. The monoisotopic (exact) mass is 197 g/mol. The quantitative estimate of drug-likeness (QED) is 0.689. The van der Waals surface area contributed by atoms with Crippen molar-refractivity contribution in [3.63, 3.8) is 0 Å². The summed E-state index contributed by atoms with van der Waals surface area (Å²) in [5.41, 5.74) is 0. The molecular weight excluding hydrogens is 186 g/mol. The van der Waals surface area contributed by atoms with Crippen molar-refractivity contribution in [3.8, 4) is 0 Å². The van der Waals surface area contributed by atoms with Crippen molar-refractivity contribution < 1.29 is 9.53 Å². The molecule has 0 radical (unpaired) electrons. The molecule has 0 unspecified atom stereocenters. The van der Waals surface area contributed by atoms with Crippen LogP contribution in [0.2, 0.25) is 0 Å². The van der Waals surface area contributed by atoms with Gasteiger partial charge in [-0.3, -0.25) is 4.79 Å². The van der Waals surface area contributed by atoms with E-state index in [0.717, 1.165) is 11.8 Å². The van der Waals surface area contributed by atoms with Crippen LogP contribution in [0, 0.1) is 0 Å². The van der Waals surface area contributed by atoms with Gasteiger partial charge in [-0.2, -0.15) is 0 Å². The molecule has 0 aliphatic carbocycles. The van der Waals surface area contributed by atoms with Gasteiger partial charge in [0.2, 0.25) is 5.12 Å². The fourth-order valence-corrected chi connectivity index (χ4v) is 1.37. The standard InChI is InChI=1S/C9H11NO2S/c1-2-12-7-9(11)13-8-5-3-4-6-10-8/h3-6H,2,7H2,1H3. The molecule has 0 amide bonds. The third-order valence-electron chi connectivity index (χ3n) is 1.28. The first kappa shape index (κ1) is 10.2. The van der Waals surface area contributed by atoms with Crippen molar-refractivity contribution in [2.75, 3.05) is 13.2 Å². The first-order valence-corrected chi connectivity index (χ1v) is 4.84. The molecule has 0 aliphatic rings. The molecule has 1 aromatic rings. The van der Waals surface area contributed by atoms with E-state index in [-0.39, 0.29) is 11.7 Å². The molecule has 4 heteroatoms. The van der Waals surface area contributed by atoms with Gasteiger partial charge >= 0.3 is 0 Å². The van der Waals surface area contributed by atoms with Crippen LogP contribution in [0.15, 0.2) is 29.4 Å². The summed E-state index contributed by atoms with van der Waals surface area (Å²) in [6.45, 7) is 2.57. The molecule has 13 heavy (non-hydrogen) atoms. The highest BCUT2D eigenvalue weighted by Gasteiger charge is 2.04. The van der Waals surface area contributed by atoms with Crippen LogP contribution in [-0.2, 0) is 9.53 Å². The zero-order valence-corrected chi connectivity index (χ0v) is 8.21. The first-order chi connectivity index (χ1) is 6.33. The molecule has 0 N–H and O–H groups in total. The van der Waals surface area contributed by atoms with Crippen LogP contribution < -0.4 is 0 Å². The van der Waals surface area contributed by atoms with Crippen molar-refractivity contribution in [3.05, 3.63) is 24.4 Å². The lowest BCUT2D eigenvalue weighted by Crippen LogP contribution is -2.03. The van der Waals surface area contributed by atoms with Gasteiger partial charge in [-0.1, -0.05) is 6.07 Å². The average Bonchev–Trinajstić information content (AvgIpc) is 2.16. The third-order valence-corrected chi connectivity index (χ3v) is 2.08. The number of thioether (sulfide) groups is 1. The third kappa shape index (κ3) is 4.05. The van der Waals surface area contributed by atoms with Crippen molar-refractivity contribution >= 4 is 16.9 Å². The minimum Gasteiger partial charge on any atom is -0.373 e. The first-order valence-electron chi connectivity index (χ1n) is 4.02. The molecule has 0 bridgehead atoms. The topological polar surface area (TPSA) is 39.2 Å². The average molecular weight is 197 g/mol. The lowest BCUT2D eigenvalue weighted by Gasteiger charge is -1.99. The molecule has 1 heterocycles. The van der Waals surface area contributed by atoms with Gasteiger partial charge in [-0.05, 0) is 30.8 Å². The number of rotatable bonds is 4. The fourth-order valence-electron chi connectivity index (χ4n) is 0.739. The number of ether oxygens (including phenoxy) is 1. The lowest BCUT2D eigenvalue weighted by atomic mass is 10.5. The SMILES string of the molecule is CCOCC(=O)Sc1ccccn1. The molecule has 0 spiro atoms. The summed E-state index contributed by atoms with van der Waals surface area (Å²) in [4.78, 5) is 15.2. The van der Waals surface area contributed by atoms with Crippen LogP contribution in [0.25, 0.3) is 0 Å². The Morgan fingerprint density at radius 3 is 3.08 bits per heavy atom. The van der Waals surface area contributed by atoms with Gasteiger partial charge < -0.3 is 4.74 Å². The fraction of sp³-hybridized carbons (Fsp3) is 0.333. The minimum absolute atomic E-state index is 0.0134. The number of carbonyl (C=O) groups is 1. The van der Waals surface area contributed by atoms with Gasteiger partial charge in [-0.25, -0.2) is 4.98 Å². The predicted molar refractivity (Wildman–Crippen MR) is 51.6 cm³/mol. The van der Waals surface area contributed by atoms with E-state index >= 15 is 0 Å². The number of carbonyl (C=O) groups excluding carboxylic acids is 1. The van der Waals surface area contributed by atoms with Crippen LogP contribution in [0.1, 0.15) is 6.92 Å². The van der Waals surface area contributed by atoms with Crippen molar-refractivity contribution in [2.24, 2.45) is 0 Å². The van der Waals surface area contributed by atoms with Crippen molar-refractivity contribution in [1.82, 2.24) is 4.98 Å². The van der Waals surface area contributed by atoms with Gasteiger partial charge in [-0.15, -0.1) is 0 Å². The van der Waals surface area contributed by atoms with E-state index in [9.17, 15) is 4.79 Å². The van der Waals surface area contributed by atoms with Gasteiger partial charge in [0.25, 0.3) is 0 Å². The molecule has 0 aromatic carbocycles. The summed E-state index contributed by atoms with van der Waals surface area (Å²) in [6, 6.07) is 5.47. The summed E-state index contributed by atoms with van der Waals surface area (Å²) in [6.07, 6.45) is 1.66. The Bertz CT molecular complexity index is 264. The van der Waals surface area contributed by atoms with E-state index in [1.165, 1.54) is 0 Å². The van der Waals surface area contributed by atoms with E-state index in [2.05, 4.69) is 4.98 Å². The van der Waals surface area contributed by atoms with Crippen LogP contribution in [-0.4, -0.2) is 23.3 Å². The Balaban J connectivity index is 2.37. The Hall–Kier alpha value is -0.870. The number of nitrogens with zero attached hydrogens (tertiary/aromatic N) is 1. The van der Waals surface area contributed by atoms with Gasteiger partial charge in [0.15, 0.2) is 0 Å². The van der Waals surface area contributed by atoms with E-state index in [0.29, 0.717) is 11.6 Å². The van der Waals surface area contributed by atoms with Crippen molar-refractivity contribution in [2.45, 2.75) is 11.9 Å². The zero-order valence-electron chi connectivity index (χ0n) is 7.40. The number of aromatic nitrogens is 1. The smallest absolute Gasteiger partial charge is 0.220 e. The minimum atomic E-state index is -0.0134. The molecule has 1 rings (SSSR count). The van der Waals surface area contributed by atoms with E-state index < -0.39 is 0 Å². The molecule has 0 aliphatic heterocycles. The second-order valence-electron chi connectivity index (χ2n) is 2.28. The van der Waals surface area contributed by atoms with Gasteiger partial charge in [0.1, 0.15) is 11.6 Å². The highest BCUT2D eigenvalue weighted by molar-refractivity contribution is 8.13. The van der Waals surface area contributed by atoms with E-state index in [1.54, 1.807) is 12.3 Å². The lowest BCUT2D eigenvalue weighted by molar-refractivity contribution is -0.114. The Morgan fingerprint density at radius 1 is 1.62 bits per heavy atom. The molecule has 0 fully saturated rings. The molecule has 0 saturated carbocycles. The zero-order chi connectivity index (χ0) is 9.52. The van der Waals surface area contributed by atoms with Gasteiger partial charge in [0, 0.05) is 12.8 Å². The van der Waals surface area contributed by atoms with E-state index in [1.807, 2.05) is 19.1 Å². The number of pyridine rings is 1. The normalized spacial score (nSPS) is 9.92. The maximum atomic E-state index is 11.2. The summed E-state index contributed by atoms with van der Waals surface area (Å²) < 4.78 is 4.97. The summed E-state index contributed by atoms with van der Waals surface area (Å²) in [5.74, 6) is 0. The summed E-state index contributed by atoms with van der Waals surface area (Å²) >= 11 is 1.11. The molecule has 0 saturated heterocycles. The maximum Gasteiger partial charge on any atom is 0.220 e. The Labute approximate surface area is 81.5 Å². The van der Waals surface area contributed by atoms with Crippen LogP contribution in [0.3, 0.4) is 0 Å². The predicted octanol–water partition coefficient (Wildman–Crippen LogP) is 1.74. The molecular formula is C9H11NO2S. The van der Waals surface area contributed by atoms with Crippen LogP contribution >= 0.6 is 11.8 Å². The Kier molecular flexibility index (Phi) is 4.49. The van der Waals surface area contributed by atoms with Crippen molar-refractivity contribution in [1.29, 1.82) is 0 Å². The van der Waals surface area contributed by atoms with Crippen LogP contribution in [0.4, 0.5) is 0 Å². The summed E-state index contributed by atoms with van der Waals surface area (Å²) in [5, 5.41) is 0.702. The second-order valence-corrected chi connectivity index (χ2v) is 3.36. The Morgan fingerprint density at radius 2 is 2.46 bits per heavy atom. The molecule has 70 valence electrons. The van der Waals surface area contributed by atoms with Crippen LogP contribution in [0.5, 0.6) is 0 Å². The number of hydrogen-bond acceptors (Lipinski definition) is 4. The molecule has 0 atom stereocenters. The highest BCUT2D eigenvalue weighted by atomic mass is 32.2. The molecule has 1 aromatic heterocycles.